The number of hydrogen-bond acceptors (Lipinski definition) is 3. The number of benzene rings is 1. The summed E-state index contributed by atoms with van der Waals surface area (Å²) in [6.07, 6.45) is 3.99. The number of amides is 1. The number of nitrogens with zero attached hydrogens (tertiary/aromatic N) is 1. The molecule has 0 spiro atoms. The number of hydrogen-bond donors (Lipinski definition) is 2. The summed E-state index contributed by atoms with van der Waals surface area (Å²) in [5.74, 6) is -0.117. The van der Waals surface area contributed by atoms with Crippen molar-refractivity contribution in [2.24, 2.45) is 5.10 Å². The molecule has 0 aliphatic carbocycles. The number of carbonyl (C=O) groups excluding carboxylic acids is 1. The molecule has 19 heavy (non-hydrogen) atoms. The van der Waals surface area contributed by atoms with Gasteiger partial charge in [-0.15, -0.1) is 0 Å². The van der Waals surface area contributed by atoms with E-state index >= 15 is 0 Å². The van der Waals surface area contributed by atoms with E-state index in [1.165, 1.54) is 0 Å². The van der Waals surface area contributed by atoms with E-state index in [-0.39, 0.29) is 12.5 Å². The van der Waals surface area contributed by atoms with E-state index in [2.05, 4.69) is 29.7 Å². The third kappa shape index (κ3) is 6.60. The van der Waals surface area contributed by atoms with E-state index in [1.54, 1.807) is 0 Å². The van der Waals surface area contributed by atoms with Crippen molar-refractivity contribution in [2.75, 3.05) is 11.9 Å². The molecule has 4 heteroatoms. The minimum absolute atomic E-state index is 0.117. The van der Waals surface area contributed by atoms with E-state index in [1.807, 2.05) is 30.3 Å². The quantitative estimate of drug-likeness (QED) is 0.558. The van der Waals surface area contributed by atoms with Crippen molar-refractivity contribution in [1.82, 2.24) is 5.43 Å². The lowest BCUT2D eigenvalue weighted by Crippen LogP contribution is -2.27. The van der Waals surface area contributed by atoms with Crippen molar-refractivity contribution in [3.05, 3.63) is 30.3 Å². The van der Waals surface area contributed by atoms with Gasteiger partial charge in [-0.25, -0.2) is 5.43 Å². The second-order valence-corrected chi connectivity index (χ2v) is 4.43. The monoisotopic (exact) mass is 261 g/mol. The molecule has 1 aromatic carbocycles. The highest BCUT2D eigenvalue weighted by Gasteiger charge is 2.01. The average molecular weight is 261 g/mol. The molecule has 0 bridgehead atoms. The lowest BCUT2D eigenvalue weighted by molar-refractivity contribution is -0.119. The van der Waals surface area contributed by atoms with Gasteiger partial charge in [-0.05, 0) is 25.0 Å². The highest BCUT2D eigenvalue weighted by molar-refractivity contribution is 5.87. The highest BCUT2D eigenvalue weighted by Crippen LogP contribution is 2.03. The Kier molecular flexibility index (Phi) is 7.32. The molecule has 1 amide bonds. The first-order chi connectivity index (χ1) is 9.26. The summed E-state index contributed by atoms with van der Waals surface area (Å²) in [6.45, 7) is 4.47. The molecule has 0 aliphatic heterocycles. The first-order valence-corrected chi connectivity index (χ1v) is 6.89. The predicted molar refractivity (Wildman–Crippen MR) is 80.3 cm³/mol. The van der Waals surface area contributed by atoms with Gasteiger partial charge < -0.3 is 5.32 Å². The van der Waals surface area contributed by atoms with E-state index in [0.717, 1.165) is 37.1 Å². The normalized spacial score (nSPS) is 9.79. The maximum absolute atomic E-state index is 11.6. The van der Waals surface area contributed by atoms with Crippen LogP contribution in [0.1, 0.15) is 39.5 Å². The van der Waals surface area contributed by atoms with Gasteiger partial charge >= 0.3 is 0 Å². The highest BCUT2D eigenvalue weighted by atomic mass is 16.2. The molecule has 1 aromatic rings. The topological polar surface area (TPSA) is 53.5 Å². The van der Waals surface area contributed by atoms with Gasteiger partial charge in [0.2, 0.25) is 0 Å². The van der Waals surface area contributed by atoms with Crippen LogP contribution in [-0.4, -0.2) is 18.2 Å². The Morgan fingerprint density at radius 3 is 2.32 bits per heavy atom. The Bertz CT molecular complexity index is 393. The number of rotatable bonds is 8. The summed E-state index contributed by atoms with van der Waals surface area (Å²) < 4.78 is 0. The largest absolute Gasteiger partial charge is 0.376 e. The third-order valence-electron chi connectivity index (χ3n) is 2.64. The van der Waals surface area contributed by atoms with Crippen LogP contribution in [0.5, 0.6) is 0 Å². The van der Waals surface area contributed by atoms with Crippen molar-refractivity contribution < 1.29 is 4.79 Å². The summed E-state index contributed by atoms with van der Waals surface area (Å²) in [5, 5.41) is 7.24. The van der Waals surface area contributed by atoms with Gasteiger partial charge in [0.15, 0.2) is 0 Å². The second-order valence-electron chi connectivity index (χ2n) is 4.43. The summed E-state index contributed by atoms with van der Waals surface area (Å²) in [7, 11) is 0. The number of carbonyl (C=O) groups is 1. The Labute approximate surface area is 115 Å². The molecule has 1 rings (SSSR count). The summed E-state index contributed by atoms with van der Waals surface area (Å²) in [5.41, 5.74) is 4.61. The first-order valence-electron chi connectivity index (χ1n) is 6.89. The molecule has 0 aliphatic rings. The van der Waals surface area contributed by atoms with Crippen molar-refractivity contribution in [3.8, 4) is 0 Å². The predicted octanol–water partition coefficient (Wildman–Crippen LogP) is 3.17. The lowest BCUT2D eigenvalue weighted by Gasteiger charge is -2.06. The Hall–Kier alpha value is -1.84. The fraction of sp³-hybridized carbons (Fsp3) is 0.467. The van der Waals surface area contributed by atoms with E-state index in [4.69, 9.17) is 0 Å². The molecule has 2 N–H and O–H groups in total. The zero-order valence-electron chi connectivity index (χ0n) is 11.8. The summed E-state index contributed by atoms with van der Waals surface area (Å²) in [6, 6.07) is 9.65. The molecule has 0 heterocycles. The molecule has 4 nitrogen and oxygen atoms in total. The molecule has 0 atom stereocenters. The van der Waals surface area contributed by atoms with Crippen LogP contribution >= 0.6 is 0 Å². The SMILES string of the molecule is CCCC(CCC)=NNC(=O)CNc1ccccc1. The van der Waals surface area contributed by atoms with E-state index in [9.17, 15) is 4.79 Å². The minimum Gasteiger partial charge on any atom is -0.376 e. The maximum Gasteiger partial charge on any atom is 0.259 e. The van der Waals surface area contributed by atoms with Crippen molar-refractivity contribution in [3.63, 3.8) is 0 Å². The molecule has 0 saturated carbocycles. The molecular weight excluding hydrogens is 238 g/mol. The van der Waals surface area contributed by atoms with Gasteiger partial charge in [-0.2, -0.15) is 5.10 Å². The van der Waals surface area contributed by atoms with Crippen molar-refractivity contribution in [1.29, 1.82) is 0 Å². The molecule has 0 radical (unpaired) electrons. The van der Waals surface area contributed by atoms with Gasteiger partial charge in [0, 0.05) is 11.4 Å². The van der Waals surface area contributed by atoms with E-state index < -0.39 is 0 Å². The fourth-order valence-electron chi connectivity index (χ4n) is 1.73. The van der Waals surface area contributed by atoms with Gasteiger partial charge in [0.05, 0.1) is 6.54 Å². The molecule has 0 fully saturated rings. The van der Waals surface area contributed by atoms with Crippen LogP contribution in [0.2, 0.25) is 0 Å². The van der Waals surface area contributed by atoms with Crippen LogP contribution in [0.25, 0.3) is 0 Å². The Morgan fingerprint density at radius 1 is 1.11 bits per heavy atom. The number of hydrazone groups is 1. The standard InChI is InChI=1S/C15H23N3O/c1-3-8-14(9-4-2)17-18-15(19)12-16-13-10-6-5-7-11-13/h5-7,10-11,16H,3-4,8-9,12H2,1-2H3,(H,18,19). The van der Waals surface area contributed by atoms with Crippen LogP contribution in [-0.2, 0) is 4.79 Å². The number of nitrogens with one attached hydrogen (secondary N) is 2. The zero-order chi connectivity index (χ0) is 13.9. The van der Waals surface area contributed by atoms with Crippen LogP contribution in [0, 0.1) is 0 Å². The van der Waals surface area contributed by atoms with Gasteiger partial charge in [-0.3, -0.25) is 4.79 Å². The lowest BCUT2D eigenvalue weighted by atomic mass is 10.1. The summed E-state index contributed by atoms with van der Waals surface area (Å²) in [4.78, 5) is 11.6. The van der Waals surface area contributed by atoms with Crippen LogP contribution in [0.3, 0.4) is 0 Å². The van der Waals surface area contributed by atoms with Gasteiger partial charge in [-0.1, -0.05) is 44.9 Å². The van der Waals surface area contributed by atoms with Gasteiger partial charge in [0.1, 0.15) is 0 Å². The number of anilines is 1. The van der Waals surface area contributed by atoms with Gasteiger partial charge in [0.25, 0.3) is 5.91 Å². The maximum atomic E-state index is 11.6. The smallest absolute Gasteiger partial charge is 0.259 e. The third-order valence-corrected chi connectivity index (χ3v) is 2.64. The fourth-order valence-corrected chi connectivity index (χ4v) is 1.73. The summed E-state index contributed by atoms with van der Waals surface area (Å²) >= 11 is 0. The molecule has 0 unspecified atom stereocenters. The molecule has 0 saturated heterocycles. The zero-order valence-corrected chi connectivity index (χ0v) is 11.8. The van der Waals surface area contributed by atoms with Crippen molar-refractivity contribution >= 4 is 17.3 Å². The second kappa shape index (κ2) is 9.14. The number of para-hydroxylation sites is 1. The molecular formula is C15H23N3O. The Morgan fingerprint density at radius 2 is 1.74 bits per heavy atom. The Balaban J connectivity index is 2.35. The molecule has 104 valence electrons. The van der Waals surface area contributed by atoms with Crippen LogP contribution < -0.4 is 10.7 Å². The minimum atomic E-state index is -0.117. The van der Waals surface area contributed by atoms with Crippen LogP contribution in [0.15, 0.2) is 35.4 Å². The first kappa shape index (κ1) is 15.2. The molecule has 0 aromatic heterocycles. The van der Waals surface area contributed by atoms with Crippen LogP contribution in [0.4, 0.5) is 5.69 Å². The van der Waals surface area contributed by atoms with Crippen molar-refractivity contribution in [2.45, 2.75) is 39.5 Å². The van der Waals surface area contributed by atoms with E-state index in [0.29, 0.717) is 0 Å². The average Bonchev–Trinajstić information content (AvgIpc) is 2.44.